The van der Waals surface area contributed by atoms with Crippen molar-refractivity contribution in [3.8, 4) is 17.5 Å². The number of H-pyrrole nitrogens is 1. The summed E-state index contributed by atoms with van der Waals surface area (Å²) in [5.41, 5.74) is 2.43. The molecule has 2 heterocycles. The molecule has 0 saturated heterocycles. The zero-order valence-electron chi connectivity index (χ0n) is 11.3. The summed E-state index contributed by atoms with van der Waals surface area (Å²) in [6.07, 6.45) is 1.68. The maximum Gasteiger partial charge on any atom is 0.259 e. The Labute approximate surface area is 126 Å². The third kappa shape index (κ3) is 3.15. The number of aromatic amines is 1. The molecule has 0 fully saturated rings. The number of benzene rings is 1. The van der Waals surface area contributed by atoms with Crippen LogP contribution in [0.2, 0.25) is 0 Å². The van der Waals surface area contributed by atoms with Crippen LogP contribution in [0.4, 0.5) is 0 Å². The lowest BCUT2D eigenvalue weighted by atomic mass is 10.2. The first-order chi connectivity index (χ1) is 10.2. The van der Waals surface area contributed by atoms with Crippen molar-refractivity contribution in [1.29, 1.82) is 5.26 Å². The van der Waals surface area contributed by atoms with Crippen LogP contribution in [0.15, 0.2) is 45.9 Å². The van der Waals surface area contributed by atoms with Gasteiger partial charge < -0.3 is 9.51 Å². The van der Waals surface area contributed by atoms with Crippen LogP contribution in [0.5, 0.6) is 0 Å². The molecule has 0 aliphatic heterocycles. The number of hydrogen-bond donors (Lipinski definition) is 1. The lowest BCUT2D eigenvalue weighted by Gasteiger charge is -1.99. The van der Waals surface area contributed by atoms with Gasteiger partial charge in [0.25, 0.3) is 5.89 Å². The van der Waals surface area contributed by atoms with Gasteiger partial charge in [0.2, 0.25) is 0 Å². The van der Waals surface area contributed by atoms with Gasteiger partial charge in [0.1, 0.15) is 11.8 Å². The summed E-state index contributed by atoms with van der Waals surface area (Å²) in [5, 5.41) is 12.7. The molecular weight excluding hydrogens is 284 g/mol. The molecule has 1 N–H and O–H groups in total. The Kier molecular flexibility index (Phi) is 3.75. The third-order valence-electron chi connectivity index (χ3n) is 2.88. The van der Waals surface area contributed by atoms with Gasteiger partial charge in [-0.15, -0.1) is 11.8 Å². The van der Waals surface area contributed by atoms with Crippen molar-refractivity contribution < 1.29 is 4.52 Å². The molecule has 5 nitrogen and oxygen atoms in total. The second-order valence-electron chi connectivity index (χ2n) is 4.53. The van der Waals surface area contributed by atoms with E-state index in [1.807, 2.05) is 12.1 Å². The van der Waals surface area contributed by atoms with Crippen LogP contribution < -0.4 is 0 Å². The van der Waals surface area contributed by atoms with E-state index in [0.29, 0.717) is 23.2 Å². The maximum atomic E-state index is 8.78. The fraction of sp³-hybridized carbons (Fsp3) is 0.133. The number of aryl methyl sites for hydroxylation is 1. The molecule has 0 saturated carbocycles. The van der Waals surface area contributed by atoms with Gasteiger partial charge in [0.15, 0.2) is 5.82 Å². The van der Waals surface area contributed by atoms with Crippen molar-refractivity contribution in [3.63, 3.8) is 0 Å². The normalized spacial score (nSPS) is 10.5. The molecule has 3 rings (SSSR count). The maximum absolute atomic E-state index is 8.78. The molecule has 104 valence electrons. The molecule has 0 spiro atoms. The summed E-state index contributed by atoms with van der Waals surface area (Å²) in [5.74, 6) is 1.70. The Morgan fingerprint density at radius 2 is 2.29 bits per heavy atom. The lowest BCUT2D eigenvalue weighted by Crippen LogP contribution is -1.84. The van der Waals surface area contributed by atoms with Crippen LogP contribution in [-0.4, -0.2) is 15.1 Å². The Bertz CT molecular complexity index is 800. The van der Waals surface area contributed by atoms with Crippen LogP contribution in [-0.2, 0) is 5.75 Å². The van der Waals surface area contributed by atoms with Crippen molar-refractivity contribution in [2.75, 3.05) is 0 Å². The highest BCUT2D eigenvalue weighted by Gasteiger charge is 2.11. The second-order valence-corrected chi connectivity index (χ2v) is 5.58. The van der Waals surface area contributed by atoms with Crippen molar-refractivity contribution in [2.24, 2.45) is 0 Å². The fourth-order valence-corrected chi connectivity index (χ4v) is 2.72. The lowest BCUT2D eigenvalue weighted by molar-refractivity contribution is 0.425. The summed E-state index contributed by atoms with van der Waals surface area (Å²) in [6.45, 7) is 2.06. The standard InChI is InChI=1S/C15H12N4OS/c1-10-3-2-4-13(5-10)21-9-14-18-15(20-19-14)11-6-12(7-16)17-8-11/h2-6,8,17H,9H2,1H3. The topological polar surface area (TPSA) is 78.5 Å². The first-order valence-electron chi connectivity index (χ1n) is 6.35. The van der Waals surface area contributed by atoms with Crippen LogP contribution in [0, 0.1) is 18.3 Å². The van der Waals surface area contributed by atoms with Gasteiger partial charge in [0.05, 0.1) is 11.3 Å². The molecule has 2 aromatic heterocycles. The van der Waals surface area contributed by atoms with E-state index in [0.717, 1.165) is 5.56 Å². The van der Waals surface area contributed by atoms with E-state index in [9.17, 15) is 0 Å². The number of nitrogens with zero attached hydrogens (tertiary/aromatic N) is 3. The largest absolute Gasteiger partial charge is 0.352 e. The molecule has 0 bridgehead atoms. The van der Waals surface area contributed by atoms with E-state index in [1.54, 1.807) is 24.0 Å². The number of nitrogens with one attached hydrogen (secondary N) is 1. The van der Waals surface area contributed by atoms with Gasteiger partial charge in [-0.05, 0) is 25.1 Å². The number of nitriles is 1. The highest BCUT2D eigenvalue weighted by Crippen LogP contribution is 2.24. The van der Waals surface area contributed by atoms with Crippen LogP contribution in [0.1, 0.15) is 17.1 Å². The van der Waals surface area contributed by atoms with Crippen molar-refractivity contribution in [2.45, 2.75) is 17.6 Å². The summed E-state index contributed by atoms with van der Waals surface area (Å²) in [7, 11) is 0. The molecule has 6 heteroatoms. The molecule has 3 aromatic rings. The van der Waals surface area contributed by atoms with Gasteiger partial charge >= 0.3 is 0 Å². The highest BCUT2D eigenvalue weighted by molar-refractivity contribution is 7.98. The predicted octanol–water partition coefficient (Wildman–Crippen LogP) is 3.54. The predicted molar refractivity (Wildman–Crippen MR) is 79.5 cm³/mol. The Morgan fingerprint density at radius 3 is 3.05 bits per heavy atom. The minimum atomic E-state index is 0.424. The molecule has 0 aliphatic rings. The summed E-state index contributed by atoms with van der Waals surface area (Å²) in [4.78, 5) is 8.35. The van der Waals surface area contributed by atoms with Gasteiger partial charge in [-0.2, -0.15) is 10.2 Å². The summed E-state index contributed by atoms with van der Waals surface area (Å²) >= 11 is 1.66. The van der Waals surface area contributed by atoms with Gasteiger partial charge in [-0.25, -0.2) is 0 Å². The van der Waals surface area contributed by atoms with E-state index in [1.165, 1.54) is 10.5 Å². The Balaban J connectivity index is 1.69. The van der Waals surface area contributed by atoms with E-state index in [2.05, 4.69) is 40.2 Å². The number of hydrogen-bond acceptors (Lipinski definition) is 5. The highest BCUT2D eigenvalue weighted by atomic mass is 32.2. The molecule has 0 radical (unpaired) electrons. The van der Waals surface area contributed by atoms with Gasteiger partial charge in [-0.1, -0.05) is 22.9 Å². The number of thioether (sulfide) groups is 1. The minimum absolute atomic E-state index is 0.424. The van der Waals surface area contributed by atoms with E-state index < -0.39 is 0 Å². The van der Waals surface area contributed by atoms with Crippen LogP contribution in [0.25, 0.3) is 11.5 Å². The first kappa shape index (κ1) is 13.5. The number of aromatic nitrogens is 3. The van der Waals surface area contributed by atoms with Crippen LogP contribution >= 0.6 is 11.8 Å². The molecule has 0 atom stereocenters. The molecule has 0 aliphatic carbocycles. The number of rotatable bonds is 4. The molecule has 0 amide bonds. The molecule has 21 heavy (non-hydrogen) atoms. The zero-order valence-corrected chi connectivity index (χ0v) is 12.1. The van der Waals surface area contributed by atoms with Crippen molar-refractivity contribution in [3.05, 3.63) is 53.6 Å². The Hall–Kier alpha value is -2.52. The summed E-state index contributed by atoms with van der Waals surface area (Å²) < 4.78 is 5.22. The molecular formula is C15H12N4OS. The summed E-state index contributed by atoms with van der Waals surface area (Å²) in [6, 6.07) is 12.0. The van der Waals surface area contributed by atoms with E-state index >= 15 is 0 Å². The zero-order chi connectivity index (χ0) is 14.7. The smallest absolute Gasteiger partial charge is 0.259 e. The van der Waals surface area contributed by atoms with E-state index in [4.69, 9.17) is 9.78 Å². The quantitative estimate of drug-likeness (QED) is 0.745. The fourth-order valence-electron chi connectivity index (χ4n) is 1.87. The third-order valence-corrected chi connectivity index (χ3v) is 3.87. The average Bonchev–Trinajstić information content (AvgIpc) is 3.14. The van der Waals surface area contributed by atoms with E-state index in [-0.39, 0.29) is 0 Å². The minimum Gasteiger partial charge on any atom is -0.352 e. The molecule has 1 aromatic carbocycles. The Morgan fingerprint density at radius 1 is 1.38 bits per heavy atom. The van der Waals surface area contributed by atoms with Gasteiger partial charge in [0, 0.05) is 11.1 Å². The average molecular weight is 296 g/mol. The second kappa shape index (κ2) is 5.85. The first-order valence-corrected chi connectivity index (χ1v) is 7.34. The monoisotopic (exact) mass is 296 g/mol. The van der Waals surface area contributed by atoms with Crippen LogP contribution in [0.3, 0.4) is 0 Å². The van der Waals surface area contributed by atoms with Crippen molar-refractivity contribution in [1.82, 2.24) is 15.1 Å². The van der Waals surface area contributed by atoms with Crippen molar-refractivity contribution >= 4 is 11.8 Å². The molecule has 0 unspecified atom stereocenters. The van der Waals surface area contributed by atoms with Gasteiger partial charge in [-0.3, -0.25) is 0 Å². The SMILES string of the molecule is Cc1cccc(SCc2noc(-c3c[nH]c(C#N)c3)n2)c1.